The fourth-order valence-corrected chi connectivity index (χ4v) is 8.36. The van der Waals surface area contributed by atoms with Crippen molar-refractivity contribution < 1.29 is 0 Å². The van der Waals surface area contributed by atoms with E-state index >= 15 is 0 Å². The SMILES string of the molecule is Cc1cc(C)cc(N(c2ccc(/C=C/c3ccc4c(c3)C(C)(C)c3cc(N(c5ccccc5)c5ccccc5)ccc3-4)cc2)c2ccc3ccccc3c2)c1. The van der Waals surface area contributed by atoms with Crippen LogP contribution in [0.25, 0.3) is 34.1 Å². The molecule has 9 rings (SSSR count). The van der Waals surface area contributed by atoms with E-state index in [0.717, 1.165) is 39.7 Å². The van der Waals surface area contributed by atoms with Crippen LogP contribution >= 0.6 is 0 Å². The minimum absolute atomic E-state index is 0.147. The van der Waals surface area contributed by atoms with Crippen molar-refractivity contribution in [3.8, 4) is 11.1 Å². The van der Waals surface area contributed by atoms with Crippen LogP contribution in [0, 0.1) is 13.8 Å². The molecule has 0 spiro atoms. The van der Waals surface area contributed by atoms with E-state index in [1.54, 1.807) is 0 Å². The summed E-state index contributed by atoms with van der Waals surface area (Å²) in [6, 6.07) is 66.2. The second-order valence-electron chi connectivity index (χ2n) is 15.3. The number of anilines is 6. The van der Waals surface area contributed by atoms with Gasteiger partial charge in [0.25, 0.3) is 0 Å². The van der Waals surface area contributed by atoms with Gasteiger partial charge in [0, 0.05) is 39.5 Å². The predicted octanol–water partition coefficient (Wildman–Crippen LogP) is 14.9. The molecule has 266 valence electrons. The number of nitrogens with zero attached hydrogens (tertiary/aromatic N) is 2. The first-order valence-electron chi connectivity index (χ1n) is 19.2. The van der Waals surface area contributed by atoms with E-state index in [1.165, 1.54) is 49.7 Å². The van der Waals surface area contributed by atoms with Crippen LogP contribution in [0.5, 0.6) is 0 Å². The van der Waals surface area contributed by atoms with Crippen LogP contribution in [0.2, 0.25) is 0 Å². The smallest absolute Gasteiger partial charge is 0.0468 e. The standard InChI is InChI=1S/C53H44N2/c1-37-31-38(2)33-48(32-37)55(46-27-24-41-13-11-12-14-42(41)35-46)45-25-21-39(22-26-45)19-20-40-23-29-49-50-30-28-47(36-52(50)53(3,4)51(49)34-40)54(43-15-7-5-8-16-43)44-17-9-6-10-18-44/h5-36H,1-4H3/b20-19+. The number of rotatable bonds is 8. The molecule has 8 aromatic rings. The molecule has 8 aromatic carbocycles. The molecule has 0 fully saturated rings. The number of benzene rings is 8. The van der Waals surface area contributed by atoms with Crippen LogP contribution in [0.1, 0.15) is 47.2 Å². The number of hydrogen-bond acceptors (Lipinski definition) is 2. The second kappa shape index (κ2) is 14.0. The van der Waals surface area contributed by atoms with Crippen molar-refractivity contribution in [2.45, 2.75) is 33.1 Å². The van der Waals surface area contributed by atoms with Gasteiger partial charge in [0.1, 0.15) is 0 Å². The zero-order chi connectivity index (χ0) is 37.5. The summed E-state index contributed by atoms with van der Waals surface area (Å²) in [6.45, 7) is 9.06. The van der Waals surface area contributed by atoms with Gasteiger partial charge in [-0.3, -0.25) is 0 Å². The van der Waals surface area contributed by atoms with Crippen LogP contribution in [-0.2, 0) is 5.41 Å². The molecule has 0 bridgehead atoms. The monoisotopic (exact) mass is 708 g/mol. The van der Waals surface area contributed by atoms with E-state index < -0.39 is 0 Å². The molecule has 55 heavy (non-hydrogen) atoms. The third-order valence-electron chi connectivity index (χ3n) is 11.0. The summed E-state index contributed by atoms with van der Waals surface area (Å²) in [7, 11) is 0. The van der Waals surface area contributed by atoms with E-state index in [2.05, 4.69) is 232 Å². The highest BCUT2D eigenvalue weighted by Crippen LogP contribution is 2.51. The molecule has 0 radical (unpaired) electrons. The minimum Gasteiger partial charge on any atom is -0.310 e. The van der Waals surface area contributed by atoms with Crippen molar-refractivity contribution in [1.82, 2.24) is 0 Å². The van der Waals surface area contributed by atoms with Crippen LogP contribution in [0.15, 0.2) is 182 Å². The summed E-state index contributed by atoms with van der Waals surface area (Å²) in [6.07, 6.45) is 4.48. The fraction of sp³-hybridized carbons (Fsp3) is 0.0943. The summed E-state index contributed by atoms with van der Waals surface area (Å²) < 4.78 is 0. The maximum absolute atomic E-state index is 2.39. The van der Waals surface area contributed by atoms with Gasteiger partial charge in [-0.1, -0.05) is 135 Å². The first-order chi connectivity index (χ1) is 26.8. The summed E-state index contributed by atoms with van der Waals surface area (Å²) in [5, 5.41) is 2.48. The fourth-order valence-electron chi connectivity index (χ4n) is 8.36. The van der Waals surface area contributed by atoms with Gasteiger partial charge in [0.2, 0.25) is 0 Å². The summed E-state index contributed by atoms with van der Waals surface area (Å²) in [4.78, 5) is 4.71. The van der Waals surface area contributed by atoms with Crippen molar-refractivity contribution in [2.75, 3.05) is 9.80 Å². The average molecular weight is 709 g/mol. The van der Waals surface area contributed by atoms with Gasteiger partial charge < -0.3 is 9.80 Å². The lowest BCUT2D eigenvalue weighted by Crippen LogP contribution is -2.16. The maximum Gasteiger partial charge on any atom is 0.0468 e. The molecule has 0 saturated carbocycles. The summed E-state index contributed by atoms with van der Waals surface area (Å²) >= 11 is 0. The molecular formula is C53H44N2. The topological polar surface area (TPSA) is 6.48 Å². The van der Waals surface area contributed by atoms with Gasteiger partial charge in [-0.25, -0.2) is 0 Å². The van der Waals surface area contributed by atoms with Gasteiger partial charge in [-0.15, -0.1) is 0 Å². The molecule has 0 N–H and O–H groups in total. The molecule has 2 heteroatoms. The van der Waals surface area contributed by atoms with E-state index in [-0.39, 0.29) is 5.41 Å². The first-order valence-corrected chi connectivity index (χ1v) is 19.2. The quantitative estimate of drug-likeness (QED) is 0.145. The molecule has 0 amide bonds. The van der Waals surface area contributed by atoms with E-state index in [0.29, 0.717) is 0 Å². The van der Waals surface area contributed by atoms with Gasteiger partial charge in [-0.2, -0.15) is 0 Å². The van der Waals surface area contributed by atoms with Crippen molar-refractivity contribution in [3.63, 3.8) is 0 Å². The highest BCUT2D eigenvalue weighted by Gasteiger charge is 2.36. The normalized spacial score (nSPS) is 12.8. The third kappa shape index (κ3) is 6.51. The van der Waals surface area contributed by atoms with Crippen molar-refractivity contribution in [3.05, 3.63) is 215 Å². The average Bonchev–Trinajstić information content (AvgIpc) is 3.43. The van der Waals surface area contributed by atoms with Crippen molar-refractivity contribution >= 4 is 57.0 Å². The first kappa shape index (κ1) is 34.1. The molecule has 0 heterocycles. The molecule has 0 saturated heterocycles. The number of aryl methyl sites for hydroxylation is 2. The van der Waals surface area contributed by atoms with Gasteiger partial charge >= 0.3 is 0 Å². The third-order valence-corrected chi connectivity index (χ3v) is 11.0. The molecule has 2 nitrogen and oxygen atoms in total. The van der Waals surface area contributed by atoms with Crippen molar-refractivity contribution in [2.24, 2.45) is 0 Å². The maximum atomic E-state index is 2.39. The lowest BCUT2D eigenvalue weighted by atomic mass is 9.81. The molecular weight excluding hydrogens is 665 g/mol. The van der Waals surface area contributed by atoms with Gasteiger partial charge in [-0.05, 0) is 142 Å². The second-order valence-corrected chi connectivity index (χ2v) is 15.3. The van der Waals surface area contributed by atoms with Crippen LogP contribution < -0.4 is 9.80 Å². The van der Waals surface area contributed by atoms with Crippen LogP contribution in [-0.4, -0.2) is 0 Å². The Balaban J connectivity index is 1.01. The Kier molecular flexibility index (Phi) is 8.67. The molecule has 1 aliphatic carbocycles. The molecule has 0 atom stereocenters. The molecule has 0 unspecified atom stereocenters. The Hall–Kier alpha value is -6.64. The number of para-hydroxylation sites is 2. The number of hydrogen-bond donors (Lipinski definition) is 0. The highest BCUT2D eigenvalue weighted by molar-refractivity contribution is 5.90. The van der Waals surface area contributed by atoms with E-state index in [9.17, 15) is 0 Å². The predicted molar refractivity (Wildman–Crippen MR) is 236 cm³/mol. The highest BCUT2D eigenvalue weighted by atomic mass is 15.1. The van der Waals surface area contributed by atoms with E-state index in [4.69, 9.17) is 0 Å². The summed E-state index contributed by atoms with van der Waals surface area (Å²) in [5.74, 6) is 0. The zero-order valence-corrected chi connectivity index (χ0v) is 31.9. The minimum atomic E-state index is -0.147. The van der Waals surface area contributed by atoms with Crippen LogP contribution in [0.3, 0.4) is 0 Å². The molecule has 1 aliphatic rings. The zero-order valence-electron chi connectivity index (χ0n) is 31.9. The van der Waals surface area contributed by atoms with Gasteiger partial charge in [0.15, 0.2) is 0 Å². The van der Waals surface area contributed by atoms with E-state index in [1.807, 2.05) is 0 Å². The van der Waals surface area contributed by atoms with Crippen LogP contribution in [0.4, 0.5) is 34.1 Å². The Morgan fingerprint density at radius 3 is 1.51 bits per heavy atom. The lowest BCUT2D eigenvalue weighted by Gasteiger charge is -2.28. The molecule has 0 aliphatic heterocycles. The summed E-state index contributed by atoms with van der Waals surface area (Å²) in [5.41, 5.74) is 17.0. The lowest BCUT2D eigenvalue weighted by molar-refractivity contribution is 0.660. The molecule has 0 aromatic heterocycles. The van der Waals surface area contributed by atoms with Gasteiger partial charge in [0.05, 0.1) is 0 Å². The Labute approximate surface area is 325 Å². The largest absolute Gasteiger partial charge is 0.310 e. The Morgan fingerprint density at radius 1 is 0.364 bits per heavy atom. The Bertz CT molecular complexity index is 2630. The number of fused-ring (bicyclic) bond motifs is 4. The van der Waals surface area contributed by atoms with Crippen molar-refractivity contribution in [1.29, 1.82) is 0 Å². The Morgan fingerprint density at radius 2 is 0.836 bits per heavy atom.